The molecule has 0 aromatic carbocycles. The molecule has 0 aromatic rings. The Labute approximate surface area is 117 Å². The third-order valence-corrected chi connectivity index (χ3v) is 4.97. The van der Waals surface area contributed by atoms with Crippen molar-refractivity contribution in [3.8, 4) is 0 Å². The minimum Gasteiger partial charge on any atom is -0.355 e. The van der Waals surface area contributed by atoms with E-state index in [1.165, 1.54) is 19.3 Å². The molecule has 0 spiro atoms. The maximum Gasteiger partial charge on any atom is 0.227 e. The van der Waals surface area contributed by atoms with Crippen LogP contribution in [0.25, 0.3) is 0 Å². The molecular weight excluding hydrogens is 238 g/mol. The van der Waals surface area contributed by atoms with Crippen molar-refractivity contribution in [1.29, 1.82) is 0 Å². The second-order valence-electron chi connectivity index (χ2n) is 6.53. The van der Waals surface area contributed by atoms with Gasteiger partial charge in [-0.25, -0.2) is 0 Å². The second kappa shape index (κ2) is 6.71. The van der Waals surface area contributed by atoms with E-state index in [9.17, 15) is 4.79 Å². The van der Waals surface area contributed by atoms with Crippen LogP contribution in [0.4, 0.5) is 0 Å². The van der Waals surface area contributed by atoms with E-state index in [4.69, 9.17) is 5.73 Å². The predicted octanol–water partition coefficient (Wildman–Crippen LogP) is 1.35. The fourth-order valence-corrected chi connectivity index (χ4v) is 3.55. The van der Waals surface area contributed by atoms with Gasteiger partial charge in [-0.2, -0.15) is 0 Å². The summed E-state index contributed by atoms with van der Waals surface area (Å²) in [5, 5.41) is 3.19. The molecule has 1 atom stereocenters. The van der Waals surface area contributed by atoms with Gasteiger partial charge in [0.1, 0.15) is 0 Å². The summed E-state index contributed by atoms with van der Waals surface area (Å²) in [6, 6.07) is 0. The quantitative estimate of drug-likeness (QED) is 0.756. The van der Waals surface area contributed by atoms with Crippen molar-refractivity contribution in [2.75, 3.05) is 33.2 Å². The zero-order valence-electron chi connectivity index (χ0n) is 12.3. The Kier molecular flexibility index (Phi) is 5.22. The van der Waals surface area contributed by atoms with Gasteiger partial charge in [0.2, 0.25) is 5.91 Å². The average molecular weight is 267 g/mol. The molecule has 1 aliphatic heterocycles. The summed E-state index contributed by atoms with van der Waals surface area (Å²) in [5.74, 6) is 0.834. The van der Waals surface area contributed by atoms with Gasteiger partial charge >= 0.3 is 0 Å². The van der Waals surface area contributed by atoms with Crippen molar-refractivity contribution in [2.24, 2.45) is 17.1 Å². The molecule has 4 heteroatoms. The number of carbonyl (C=O) groups is 1. The smallest absolute Gasteiger partial charge is 0.227 e. The van der Waals surface area contributed by atoms with Gasteiger partial charge in [-0.1, -0.05) is 25.7 Å². The Morgan fingerprint density at radius 2 is 2.00 bits per heavy atom. The van der Waals surface area contributed by atoms with Crippen molar-refractivity contribution in [3.05, 3.63) is 0 Å². The Morgan fingerprint density at radius 1 is 1.32 bits per heavy atom. The lowest BCUT2D eigenvalue weighted by molar-refractivity contribution is -0.131. The molecule has 1 unspecified atom stereocenters. The lowest BCUT2D eigenvalue weighted by Gasteiger charge is -2.30. The first kappa shape index (κ1) is 14.8. The molecule has 0 bridgehead atoms. The largest absolute Gasteiger partial charge is 0.355 e. The summed E-state index contributed by atoms with van der Waals surface area (Å²) in [4.78, 5) is 14.9. The number of hydrogen-bond acceptors (Lipinski definition) is 3. The SMILES string of the molecule is CN1CCC(CNC(=O)C2(CN)CCCCCC2)C1. The van der Waals surface area contributed by atoms with Crippen molar-refractivity contribution in [3.63, 3.8) is 0 Å². The topological polar surface area (TPSA) is 58.4 Å². The van der Waals surface area contributed by atoms with E-state index in [0.29, 0.717) is 12.5 Å². The summed E-state index contributed by atoms with van der Waals surface area (Å²) in [5.41, 5.74) is 5.67. The summed E-state index contributed by atoms with van der Waals surface area (Å²) < 4.78 is 0. The van der Waals surface area contributed by atoms with Crippen LogP contribution in [-0.2, 0) is 4.79 Å². The van der Waals surface area contributed by atoms with Crippen LogP contribution in [0.15, 0.2) is 0 Å². The summed E-state index contributed by atoms with van der Waals surface area (Å²) in [6.45, 7) is 3.59. The molecule has 1 aliphatic carbocycles. The number of carbonyl (C=O) groups excluding carboxylic acids is 1. The Morgan fingerprint density at radius 3 is 2.53 bits per heavy atom. The third-order valence-electron chi connectivity index (χ3n) is 4.97. The number of nitrogens with two attached hydrogens (primary N) is 1. The maximum atomic E-state index is 12.5. The first-order valence-corrected chi connectivity index (χ1v) is 7.83. The van der Waals surface area contributed by atoms with Gasteiger partial charge in [0.05, 0.1) is 5.41 Å². The van der Waals surface area contributed by atoms with Crippen molar-refractivity contribution in [2.45, 2.75) is 44.9 Å². The molecule has 0 radical (unpaired) electrons. The molecule has 1 amide bonds. The van der Waals surface area contributed by atoms with Crippen LogP contribution in [0, 0.1) is 11.3 Å². The minimum atomic E-state index is -0.277. The van der Waals surface area contributed by atoms with Gasteiger partial charge in [0, 0.05) is 19.6 Å². The van der Waals surface area contributed by atoms with Crippen LogP contribution < -0.4 is 11.1 Å². The molecule has 110 valence electrons. The van der Waals surface area contributed by atoms with Crippen LogP contribution in [0.1, 0.15) is 44.9 Å². The van der Waals surface area contributed by atoms with E-state index >= 15 is 0 Å². The highest BCUT2D eigenvalue weighted by molar-refractivity contribution is 5.82. The molecule has 2 aliphatic rings. The molecule has 4 nitrogen and oxygen atoms in total. The van der Waals surface area contributed by atoms with Crippen LogP contribution in [0.2, 0.25) is 0 Å². The normalized spacial score (nSPS) is 28.0. The highest BCUT2D eigenvalue weighted by Gasteiger charge is 2.37. The van der Waals surface area contributed by atoms with Crippen molar-refractivity contribution < 1.29 is 4.79 Å². The monoisotopic (exact) mass is 267 g/mol. The number of amides is 1. The standard InChI is InChI=1S/C15H29N3O/c1-18-9-6-13(11-18)10-17-14(19)15(12-16)7-4-2-3-5-8-15/h13H,2-12,16H2,1H3,(H,17,19). The number of rotatable bonds is 4. The zero-order chi connectivity index (χ0) is 13.7. The highest BCUT2D eigenvalue weighted by Crippen LogP contribution is 2.34. The molecule has 1 saturated carbocycles. The molecular formula is C15H29N3O. The number of nitrogens with zero attached hydrogens (tertiary/aromatic N) is 1. The Hall–Kier alpha value is -0.610. The average Bonchev–Trinajstić information content (AvgIpc) is 2.69. The van der Waals surface area contributed by atoms with E-state index in [-0.39, 0.29) is 11.3 Å². The van der Waals surface area contributed by atoms with Gasteiger partial charge in [0.25, 0.3) is 0 Å². The van der Waals surface area contributed by atoms with Crippen LogP contribution in [-0.4, -0.2) is 44.0 Å². The van der Waals surface area contributed by atoms with Gasteiger partial charge in [-0.05, 0) is 38.8 Å². The minimum absolute atomic E-state index is 0.214. The Bertz CT molecular complexity index is 298. The molecule has 19 heavy (non-hydrogen) atoms. The number of nitrogens with one attached hydrogen (secondary N) is 1. The van der Waals surface area contributed by atoms with Crippen molar-refractivity contribution >= 4 is 5.91 Å². The van der Waals surface area contributed by atoms with Gasteiger partial charge < -0.3 is 16.0 Å². The maximum absolute atomic E-state index is 12.5. The lowest BCUT2D eigenvalue weighted by atomic mass is 9.79. The zero-order valence-corrected chi connectivity index (χ0v) is 12.3. The molecule has 1 saturated heterocycles. The number of likely N-dealkylation sites (tertiary alicyclic amines) is 1. The van der Waals surface area contributed by atoms with E-state index < -0.39 is 0 Å². The molecule has 1 heterocycles. The fraction of sp³-hybridized carbons (Fsp3) is 0.933. The summed E-state index contributed by atoms with van der Waals surface area (Å²) in [7, 11) is 2.15. The second-order valence-corrected chi connectivity index (χ2v) is 6.53. The third kappa shape index (κ3) is 3.69. The van der Waals surface area contributed by atoms with E-state index in [2.05, 4.69) is 17.3 Å². The first-order chi connectivity index (χ1) is 9.16. The predicted molar refractivity (Wildman–Crippen MR) is 77.8 cm³/mol. The summed E-state index contributed by atoms with van der Waals surface area (Å²) >= 11 is 0. The highest BCUT2D eigenvalue weighted by atomic mass is 16.2. The molecule has 2 rings (SSSR count). The number of hydrogen-bond donors (Lipinski definition) is 2. The molecule has 0 aromatic heterocycles. The van der Waals surface area contributed by atoms with Gasteiger partial charge in [-0.15, -0.1) is 0 Å². The van der Waals surface area contributed by atoms with E-state index in [1.54, 1.807) is 0 Å². The van der Waals surface area contributed by atoms with Crippen LogP contribution >= 0.6 is 0 Å². The van der Waals surface area contributed by atoms with Crippen molar-refractivity contribution in [1.82, 2.24) is 10.2 Å². The van der Waals surface area contributed by atoms with E-state index in [1.807, 2.05) is 0 Å². The lowest BCUT2D eigenvalue weighted by Crippen LogP contribution is -2.47. The van der Waals surface area contributed by atoms with Crippen LogP contribution in [0.3, 0.4) is 0 Å². The molecule has 2 fully saturated rings. The molecule has 3 N–H and O–H groups in total. The first-order valence-electron chi connectivity index (χ1n) is 7.83. The van der Waals surface area contributed by atoms with E-state index in [0.717, 1.165) is 45.3 Å². The summed E-state index contributed by atoms with van der Waals surface area (Å²) in [6.07, 6.45) is 7.95. The van der Waals surface area contributed by atoms with Gasteiger partial charge in [-0.3, -0.25) is 4.79 Å². The van der Waals surface area contributed by atoms with Crippen LogP contribution in [0.5, 0.6) is 0 Å². The fourth-order valence-electron chi connectivity index (χ4n) is 3.55. The van der Waals surface area contributed by atoms with Gasteiger partial charge in [0.15, 0.2) is 0 Å². The Balaban J connectivity index is 1.85.